The summed E-state index contributed by atoms with van der Waals surface area (Å²) in [6, 6.07) is 13.8. The summed E-state index contributed by atoms with van der Waals surface area (Å²) in [6.07, 6.45) is 4.45. The van der Waals surface area contributed by atoms with Crippen LogP contribution < -0.4 is 15.4 Å². The lowest BCUT2D eigenvalue weighted by Crippen LogP contribution is -2.38. The number of ether oxygens (including phenoxy) is 1. The molecule has 0 radical (unpaired) electrons. The van der Waals surface area contributed by atoms with Gasteiger partial charge in [0.2, 0.25) is 0 Å². The van der Waals surface area contributed by atoms with Crippen molar-refractivity contribution in [1.29, 1.82) is 0 Å². The first-order valence-corrected chi connectivity index (χ1v) is 8.86. The van der Waals surface area contributed by atoms with Gasteiger partial charge in [-0.2, -0.15) is 0 Å². The largest absolute Gasteiger partial charge is 0.489 e. The fourth-order valence-corrected chi connectivity index (χ4v) is 2.69. The maximum atomic E-state index is 5.69. The maximum absolute atomic E-state index is 5.69. The van der Waals surface area contributed by atoms with Crippen molar-refractivity contribution in [2.45, 2.75) is 13.0 Å². The summed E-state index contributed by atoms with van der Waals surface area (Å²) in [4.78, 5) is 4.27. The normalized spacial score (nSPS) is 11.4. The number of para-hydroxylation sites is 1. The Morgan fingerprint density at radius 3 is 2.89 bits per heavy atom. The Hall–Kier alpha value is -3.35. The zero-order valence-electron chi connectivity index (χ0n) is 15.4. The van der Waals surface area contributed by atoms with Crippen LogP contribution in [0.15, 0.2) is 66.3 Å². The molecule has 140 valence electrons. The van der Waals surface area contributed by atoms with E-state index < -0.39 is 0 Å². The average molecular weight is 364 g/mol. The molecule has 2 aromatic heterocycles. The Balaban J connectivity index is 1.52. The van der Waals surface area contributed by atoms with Crippen LogP contribution in [0, 0.1) is 0 Å². The van der Waals surface area contributed by atoms with E-state index in [4.69, 9.17) is 4.74 Å². The van der Waals surface area contributed by atoms with Crippen LogP contribution >= 0.6 is 0 Å². The molecule has 0 amide bonds. The summed E-state index contributed by atoms with van der Waals surface area (Å²) in [5.74, 6) is 2.48. The van der Waals surface area contributed by atoms with E-state index in [1.165, 1.54) is 0 Å². The molecule has 2 heterocycles. The third-order valence-corrected chi connectivity index (χ3v) is 4.02. The summed E-state index contributed by atoms with van der Waals surface area (Å²) in [7, 11) is 1.75. The van der Waals surface area contributed by atoms with Gasteiger partial charge in [0.1, 0.15) is 18.2 Å². The molecule has 0 spiro atoms. The van der Waals surface area contributed by atoms with Crippen molar-refractivity contribution in [3.63, 3.8) is 0 Å². The molecule has 7 heteroatoms. The van der Waals surface area contributed by atoms with Crippen molar-refractivity contribution in [3.05, 3.63) is 72.7 Å². The van der Waals surface area contributed by atoms with E-state index >= 15 is 0 Å². The molecule has 27 heavy (non-hydrogen) atoms. The molecule has 0 saturated heterocycles. The number of nitrogens with zero attached hydrogens (tertiary/aromatic N) is 4. The number of nitrogens with one attached hydrogen (secondary N) is 2. The topological polar surface area (TPSA) is 75.8 Å². The van der Waals surface area contributed by atoms with Crippen molar-refractivity contribution in [1.82, 2.24) is 25.2 Å². The minimum absolute atomic E-state index is 0.482. The monoisotopic (exact) mass is 364 g/mol. The number of pyridine rings is 1. The van der Waals surface area contributed by atoms with E-state index in [0.29, 0.717) is 19.7 Å². The zero-order chi connectivity index (χ0) is 18.9. The van der Waals surface area contributed by atoms with Gasteiger partial charge in [0.05, 0.1) is 0 Å². The van der Waals surface area contributed by atoms with E-state index in [0.717, 1.165) is 35.2 Å². The minimum atomic E-state index is 0.482. The van der Waals surface area contributed by atoms with Gasteiger partial charge in [-0.05, 0) is 18.2 Å². The molecular formula is C20H24N6O. The number of hydrogen-bond donors (Lipinski definition) is 2. The molecule has 0 aliphatic heterocycles. The SMILES string of the molecule is C=CCOc1ccccc1CNC(=NC)NCCc1nnc2ccccn12. The first kappa shape index (κ1) is 18.4. The van der Waals surface area contributed by atoms with Gasteiger partial charge in [-0.15, -0.1) is 10.2 Å². The number of aromatic nitrogens is 3. The highest BCUT2D eigenvalue weighted by Crippen LogP contribution is 2.17. The van der Waals surface area contributed by atoms with Crippen LogP contribution in [-0.4, -0.2) is 40.8 Å². The smallest absolute Gasteiger partial charge is 0.191 e. The van der Waals surface area contributed by atoms with Gasteiger partial charge < -0.3 is 15.4 Å². The van der Waals surface area contributed by atoms with Crippen LogP contribution in [0.1, 0.15) is 11.4 Å². The molecule has 7 nitrogen and oxygen atoms in total. The fourth-order valence-electron chi connectivity index (χ4n) is 2.69. The highest BCUT2D eigenvalue weighted by Gasteiger charge is 2.06. The summed E-state index contributed by atoms with van der Waals surface area (Å²) in [5.41, 5.74) is 1.91. The molecule has 0 aliphatic carbocycles. The Kier molecular flexibility index (Phi) is 6.40. The van der Waals surface area contributed by atoms with Crippen molar-refractivity contribution < 1.29 is 4.74 Å². The lowest BCUT2D eigenvalue weighted by atomic mass is 10.2. The second-order valence-corrected chi connectivity index (χ2v) is 5.86. The second-order valence-electron chi connectivity index (χ2n) is 5.86. The van der Waals surface area contributed by atoms with Crippen molar-refractivity contribution in [2.24, 2.45) is 4.99 Å². The maximum Gasteiger partial charge on any atom is 0.191 e. The predicted molar refractivity (Wildman–Crippen MR) is 107 cm³/mol. The summed E-state index contributed by atoms with van der Waals surface area (Å²) >= 11 is 0. The van der Waals surface area contributed by atoms with Gasteiger partial charge in [0, 0.05) is 38.3 Å². The average Bonchev–Trinajstić information content (AvgIpc) is 3.13. The van der Waals surface area contributed by atoms with Gasteiger partial charge >= 0.3 is 0 Å². The van der Waals surface area contributed by atoms with Gasteiger partial charge in [-0.25, -0.2) is 0 Å². The van der Waals surface area contributed by atoms with E-state index in [1.54, 1.807) is 13.1 Å². The Morgan fingerprint density at radius 1 is 1.19 bits per heavy atom. The van der Waals surface area contributed by atoms with E-state index in [-0.39, 0.29) is 0 Å². The number of rotatable bonds is 8. The molecule has 3 rings (SSSR count). The van der Waals surface area contributed by atoms with Crippen LogP contribution in [-0.2, 0) is 13.0 Å². The standard InChI is InChI=1S/C20H24N6O/c1-3-14-27-17-9-5-4-8-16(17)15-23-20(21-2)22-12-11-19-25-24-18-10-6-7-13-26(18)19/h3-10,13H,1,11-12,14-15H2,2H3,(H2,21,22,23). The molecule has 2 N–H and O–H groups in total. The summed E-state index contributed by atoms with van der Waals surface area (Å²) < 4.78 is 7.68. The highest BCUT2D eigenvalue weighted by atomic mass is 16.5. The van der Waals surface area contributed by atoms with E-state index in [9.17, 15) is 0 Å². The van der Waals surface area contributed by atoms with Crippen LogP contribution in [0.5, 0.6) is 5.75 Å². The highest BCUT2D eigenvalue weighted by molar-refractivity contribution is 5.79. The lowest BCUT2D eigenvalue weighted by Gasteiger charge is -2.14. The summed E-state index contributed by atoms with van der Waals surface area (Å²) in [6.45, 7) is 5.48. The Labute approximate surface area is 158 Å². The molecule has 0 aliphatic rings. The first-order valence-electron chi connectivity index (χ1n) is 8.86. The fraction of sp³-hybridized carbons (Fsp3) is 0.250. The molecule has 0 fully saturated rings. The molecule has 0 atom stereocenters. The van der Waals surface area contributed by atoms with Crippen LogP contribution in [0.3, 0.4) is 0 Å². The van der Waals surface area contributed by atoms with Crippen molar-refractivity contribution in [2.75, 3.05) is 20.2 Å². The second kappa shape index (κ2) is 9.38. The van der Waals surface area contributed by atoms with Gasteiger partial charge in [-0.1, -0.05) is 36.9 Å². The van der Waals surface area contributed by atoms with Crippen molar-refractivity contribution >= 4 is 11.6 Å². The van der Waals surface area contributed by atoms with Crippen LogP contribution in [0.2, 0.25) is 0 Å². The van der Waals surface area contributed by atoms with Gasteiger partial charge in [0.25, 0.3) is 0 Å². The van der Waals surface area contributed by atoms with E-state index in [1.807, 2.05) is 53.1 Å². The molecule has 0 saturated carbocycles. The number of benzene rings is 1. The molecular weight excluding hydrogens is 340 g/mol. The van der Waals surface area contributed by atoms with Crippen LogP contribution in [0.25, 0.3) is 5.65 Å². The Bertz CT molecular complexity index is 917. The van der Waals surface area contributed by atoms with Gasteiger partial charge in [0.15, 0.2) is 11.6 Å². The summed E-state index contributed by atoms with van der Waals surface area (Å²) in [5, 5.41) is 15.0. The molecule has 0 unspecified atom stereocenters. The minimum Gasteiger partial charge on any atom is -0.489 e. The molecule has 3 aromatic rings. The Morgan fingerprint density at radius 2 is 2.04 bits per heavy atom. The molecule has 0 bridgehead atoms. The number of guanidine groups is 1. The first-order chi connectivity index (χ1) is 13.3. The van der Waals surface area contributed by atoms with Crippen molar-refractivity contribution in [3.8, 4) is 5.75 Å². The number of fused-ring (bicyclic) bond motifs is 1. The zero-order valence-corrected chi connectivity index (χ0v) is 15.4. The quantitative estimate of drug-likeness (QED) is 0.364. The van der Waals surface area contributed by atoms with E-state index in [2.05, 4.69) is 32.4 Å². The van der Waals surface area contributed by atoms with Gasteiger partial charge in [-0.3, -0.25) is 9.39 Å². The van der Waals surface area contributed by atoms with Crippen LogP contribution in [0.4, 0.5) is 0 Å². The third-order valence-electron chi connectivity index (χ3n) is 4.02. The number of aliphatic imine (C=N–C) groups is 1. The predicted octanol–water partition coefficient (Wildman–Crippen LogP) is 2.20. The number of hydrogen-bond acceptors (Lipinski definition) is 4. The molecule has 1 aromatic carbocycles. The third kappa shape index (κ3) is 4.84. The lowest BCUT2D eigenvalue weighted by molar-refractivity contribution is 0.358.